The topological polar surface area (TPSA) is 130 Å². The molecule has 2 aliphatic rings. The predicted molar refractivity (Wildman–Crippen MR) is 88.1 cm³/mol. The number of carboxylic acids is 1. The summed E-state index contributed by atoms with van der Waals surface area (Å²) in [4.78, 5) is 47.5. The van der Waals surface area contributed by atoms with Gasteiger partial charge in [-0.15, -0.1) is 11.8 Å². The van der Waals surface area contributed by atoms with Crippen LogP contribution in [0.5, 0.6) is 0 Å². The van der Waals surface area contributed by atoms with Crippen molar-refractivity contribution in [1.82, 2.24) is 10.2 Å². The lowest BCUT2D eigenvalue weighted by Gasteiger charge is -2.43. The molecule has 132 valence electrons. The number of nitrogens with zero attached hydrogens (tertiary/aromatic N) is 2. The van der Waals surface area contributed by atoms with Gasteiger partial charge >= 0.3 is 5.97 Å². The molecule has 2 heterocycles. The Bertz CT molecular complexity index is 795. The summed E-state index contributed by atoms with van der Waals surface area (Å²) in [6.45, 7) is 3.48. The molecule has 10 heteroatoms. The van der Waals surface area contributed by atoms with Gasteiger partial charge in [0.2, 0.25) is 5.91 Å². The number of amides is 2. The molecule has 2 unspecified atom stereocenters. The van der Waals surface area contributed by atoms with Gasteiger partial charge in [0.1, 0.15) is 17.5 Å². The highest BCUT2D eigenvalue weighted by Crippen LogP contribution is 2.50. The normalized spacial score (nSPS) is 26.6. The minimum atomic E-state index is -1.09. The Labute approximate surface area is 146 Å². The second kappa shape index (κ2) is 5.73. The molecule has 1 aromatic rings. The second-order valence-electron chi connectivity index (χ2n) is 6.36. The van der Waals surface area contributed by atoms with Crippen LogP contribution in [0.3, 0.4) is 0 Å². The summed E-state index contributed by atoms with van der Waals surface area (Å²) in [7, 11) is 0. The molecule has 2 saturated heterocycles. The van der Waals surface area contributed by atoms with E-state index in [2.05, 4.69) is 5.32 Å². The number of nitro groups is 1. The molecule has 2 fully saturated rings. The number of carbonyl (C=O) groups excluding carboxylic acids is 2. The summed E-state index contributed by atoms with van der Waals surface area (Å²) in [5, 5.41) is 22.2. The van der Waals surface area contributed by atoms with Crippen LogP contribution >= 0.6 is 11.8 Å². The number of carboxylic acid groups (broad SMARTS) is 1. The van der Waals surface area contributed by atoms with E-state index in [0.29, 0.717) is 0 Å². The van der Waals surface area contributed by atoms with E-state index in [4.69, 9.17) is 0 Å². The number of benzene rings is 1. The van der Waals surface area contributed by atoms with Crippen molar-refractivity contribution in [3.8, 4) is 0 Å². The average molecular weight is 365 g/mol. The Morgan fingerprint density at radius 2 is 2.08 bits per heavy atom. The number of nitro benzene ring substituents is 1. The highest BCUT2D eigenvalue weighted by atomic mass is 32.2. The van der Waals surface area contributed by atoms with Crippen LogP contribution < -0.4 is 5.32 Å². The van der Waals surface area contributed by atoms with Crippen molar-refractivity contribution in [3.05, 3.63) is 39.9 Å². The van der Waals surface area contributed by atoms with Crippen LogP contribution in [0, 0.1) is 10.1 Å². The SMILES string of the molecule is CC1(C)S[C@H]2C(NC(=O)c3cccc([N+](=O)[O-])c3)C(=O)N2C1C(=O)O. The van der Waals surface area contributed by atoms with E-state index < -0.39 is 44.9 Å². The van der Waals surface area contributed by atoms with E-state index in [1.54, 1.807) is 13.8 Å². The largest absolute Gasteiger partial charge is 0.480 e. The number of fused-ring (bicyclic) bond motifs is 1. The Morgan fingerprint density at radius 1 is 1.40 bits per heavy atom. The first-order chi connectivity index (χ1) is 11.6. The van der Waals surface area contributed by atoms with Gasteiger partial charge in [0.05, 0.1) is 4.92 Å². The molecule has 0 saturated carbocycles. The number of rotatable bonds is 4. The van der Waals surface area contributed by atoms with Crippen molar-refractivity contribution in [2.45, 2.75) is 36.1 Å². The molecule has 0 aromatic heterocycles. The average Bonchev–Trinajstić information content (AvgIpc) is 2.80. The maximum atomic E-state index is 12.3. The Kier molecular flexibility index (Phi) is 3.94. The van der Waals surface area contributed by atoms with Gasteiger partial charge in [-0.3, -0.25) is 19.7 Å². The fourth-order valence-electron chi connectivity index (χ4n) is 3.13. The summed E-state index contributed by atoms with van der Waals surface area (Å²) in [5.74, 6) is -2.16. The van der Waals surface area contributed by atoms with Gasteiger partial charge in [-0.25, -0.2) is 4.79 Å². The zero-order valence-corrected chi connectivity index (χ0v) is 14.1. The van der Waals surface area contributed by atoms with Crippen molar-refractivity contribution in [2.24, 2.45) is 0 Å². The number of non-ortho nitro benzene ring substituents is 1. The number of aliphatic carboxylic acids is 1. The molecule has 0 radical (unpaired) electrons. The number of hydrogen-bond acceptors (Lipinski definition) is 6. The number of hydrogen-bond donors (Lipinski definition) is 2. The van der Waals surface area contributed by atoms with Gasteiger partial charge in [0.15, 0.2) is 0 Å². The van der Waals surface area contributed by atoms with Gasteiger partial charge in [-0.2, -0.15) is 0 Å². The quantitative estimate of drug-likeness (QED) is 0.459. The van der Waals surface area contributed by atoms with Crippen LogP contribution in [0.1, 0.15) is 24.2 Å². The zero-order chi connectivity index (χ0) is 18.5. The van der Waals surface area contributed by atoms with Crippen LogP contribution in [-0.4, -0.2) is 54.9 Å². The fourth-order valence-corrected chi connectivity index (χ4v) is 4.76. The molecule has 9 nitrogen and oxygen atoms in total. The molecule has 0 bridgehead atoms. The molecular formula is C15H15N3O6S. The fraction of sp³-hybridized carbons (Fsp3) is 0.400. The lowest BCUT2D eigenvalue weighted by molar-refractivity contribution is -0.384. The van der Waals surface area contributed by atoms with Crippen molar-refractivity contribution in [3.63, 3.8) is 0 Å². The highest BCUT2D eigenvalue weighted by Gasteiger charge is 2.64. The molecule has 0 aliphatic carbocycles. The number of nitrogens with one attached hydrogen (secondary N) is 1. The molecule has 2 amide bonds. The first kappa shape index (κ1) is 17.2. The van der Waals surface area contributed by atoms with Crippen LogP contribution in [0.25, 0.3) is 0 Å². The summed E-state index contributed by atoms with van der Waals surface area (Å²) >= 11 is 1.31. The third kappa shape index (κ3) is 2.72. The molecule has 3 atom stereocenters. The van der Waals surface area contributed by atoms with Crippen molar-refractivity contribution in [2.75, 3.05) is 0 Å². The van der Waals surface area contributed by atoms with Crippen LogP contribution in [-0.2, 0) is 9.59 Å². The predicted octanol–water partition coefficient (Wildman–Crippen LogP) is 0.840. The smallest absolute Gasteiger partial charge is 0.327 e. The minimum Gasteiger partial charge on any atom is -0.480 e. The molecular weight excluding hydrogens is 350 g/mol. The van der Waals surface area contributed by atoms with E-state index in [1.807, 2.05) is 0 Å². The lowest BCUT2D eigenvalue weighted by atomic mass is 9.96. The van der Waals surface area contributed by atoms with Gasteiger partial charge in [0.25, 0.3) is 11.6 Å². The van der Waals surface area contributed by atoms with Crippen molar-refractivity contribution >= 4 is 35.2 Å². The first-order valence-corrected chi connectivity index (χ1v) is 8.29. The summed E-state index contributed by atoms with van der Waals surface area (Å²) in [6.07, 6.45) is 0. The van der Waals surface area contributed by atoms with Gasteiger partial charge in [-0.1, -0.05) is 6.07 Å². The van der Waals surface area contributed by atoms with E-state index in [9.17, 15) is 29.6 Å². The Morgan fingerprint density at radius 3 is 2.68 bits per heavy atom. The standard InChI is InChI=1S/C15H15N3O6S/c1-15(2)10(14(21)22)17-12(20)9(13(17)25-15)16-11(19)7-4-3-5-8(6-7)18(23)24/h3-6,9-10,13H,1-2H3,(H,16,19)(H,21,22)/t9?,10?,13-/m0/s1. The van der Waals surface area contributed by atoms with Crippen molar-refractivity contribution < 1.29 is 24.4 Å². The maximum Gasteiger partial charge on any atom is 0.327 e. The molecule has 1 aromatic carbocycles. The zero-order valence-electron chi connectivity index (χ0n) is 13.3. The van der Waals surface area contributed by atoms with Crippen LogP contribution in [0.2, 0.25) is 0 Å². The van der Waals surface area contributed by atoms with E-state index in [-0.39, 0.29) is 11.3 Å². The maximum absolute atomic E-state index is 12.3. The Balaban J connectivity index is 1.76. The lowest BCUT2D eigenvalue weighted by Crippen LogP contribution is -2.70. The summed E-state index contributed by atoms with van der Waals surface area (Å²) < 4.78 is -0.683. The van der Waals surface area contributed by atoms with Crippen LogP contribution in [0.4, 0.5) is 5.69 Å². The molecule has 2 aliphatic heterocycles. The van der Waals surface area contributed by atoms with Gasteiger partial charge in [-0.05, 0) is 19.9 Å². The van der Waals surface area contributed by atoms with E-state index >= 15 is 0 Å². The molecule has 3 rings (SSSR count). The number of β-lactam (4-membered cyclic amide) rings is 1. The summed E-state index contributed by atoms with van der Waals surface area (Å²) in [5.41, 5.74) is -0.158. The van der Waals surface area contributed by atoms with Gasteiger partial charge < -0.3 is 15.3 Å². The van der Waals surface area contributed by atoms with E-state index in [0.717, 1.165) is 6.07 Å². The minimum absolute atomic E-state index is 0.0671. The highest BCUT2D eigenvalue weighted by molar-refractivity contribution is 8.01. The number of thioether (sulfide) groups is 1. The van der Waals surface area contributed by atoms with Gasteiger partial charge in [0, 0.05) is 22.4 Å². The number of carbonyl (C=O) groups is 3. The van der Waals surface area contributed by atoms with E-state index in [1.165, 1.54) is 34.9 Å². The third-order valence-electron chi connectivity index (χ3n) is 4.28. The Hall–Kier alpha value is -2.62. The molecule has 25 heavy (non-hydrogen) atoms. The monoisotopic (exact) mass is 365 g/mol. The first-order valence-electron chi connectivity index (χ1n) is 7.41. The third-order valence-corrected chi connectivity index (χ3v) is 5.85. The van der Waals surface area contributed by atoms with Crippen molar-refractivity contribution in [1.29, 1.82) is 0 Å². The summed E-state index contributed by atoms with van der Waals surface area (Å²) in [6, 6.07) is 3.38. The second-order valence-corrected chi connectivity index (χ2v) is 8.13. The molecule has 0 spiro atoms. The molecule has 2 N–H and O–H groups in total. The van der Waals surface area contributed by atoms with Crippen LogP contribution in [0.15, 0.2) is 24.3 Å².